The molecule has 0 aliphatic heterocycles. The highest BCUT2D eigenvalue weighted by Gasteiger charge is 2.04. The normalized spacial score (nSPS) is 10.7. The summed E-state index contributed by atoms with van der Waals surface area (Å²) in [6.45, 7) is 4.95. The summed E-state index contributed by atoms with van der Waals surface area (Å²) in [5.41, 5.74) is 3.45. The number of aromatic nitrogens is 2. The molecule has 0 bridgehead atoms. The molecule has 0 fully saturated rings. The third-order valence-corrected chi connectivity index (χ3v) is 3.59. The van der Waals surface area contributed by atoms with Crippen LogP contribution in [-0.4, -0.2) is 16.6 Å². The molecule has 118 valence electrons. The molecular formula is C18H19N3O2. The summed E-state index contributed by atoms with van der Waals surface area (Å²) in [7, 11) is 0. The maximum atomic E-state index is 12.2. The van der Waals surface area contributed by atoms with Gasteiger partial charge >= 0.3 is 0 Å². The fourth-order valence-electron chi connectivity index (χ4n) is 2.41. The number of nitrogens with zero attached hydrogens (tertiary/aromatic N) is 1. The molecule has 2 heterocycles. The lowest BCUT2D eigenvalue weighted by molar-refractivity contribution is 0.327. The number of hydrogen-bond donors (Lipinski definition) is 2. The molecule has 2 N–H and O–H groups in total. The van der Waals surface area contributed by atoms with E-state index in [9.17, 15) is 4.79 Å². The number of pyridine rings is 2. The molecule has 3 rings (SSSR count). The van der Waals surface area contributed by atoms with E-state index in [4.69, 9.17) is 4.74 Å². The van der Waals surface area contributed by atoms with E-state index >= 15 is 0 Å². The minimum atomic E-state index is -0.0745. The number of aromatic amines is 1. The standard InChI is InChI=1S/C18H19N3O2/c1-3-23-17-7-6-15(11-20-17)19-10-14-9-13-5-4-12(2)8-16(13)21-18(14)22/h4-9,11,19H,3,10H2,1-2H3,(H,21,22). The smallest absolute Gasteiger partial charge is 0.253 e. The molecule has 0 spiro atoms. The zero-order valence-electron chi connectivity index (χ0n) is 13.2. The van der Waals surface area contributed by atoms with Crippen molar-refractivity contribution >= 4 is 16.6 Å². The van der Waals surface area contributed by atoms with Gasteiger partial charge in [0.05, 0.1) is 18.5 Å². The Morgan fingerprint density at radius 2 is 2.09 bits per heavy atom. The highest BCUT2D eigenvalue weighted by Crippen LogP contribution is 2.15. The minimum Gasteiger partial charge on any atom is -0.478 e. The van der Waals surface area contributed by atoms with Gasteiger partial charge in [-0.15, -0.1) is 0 Å². The Morgan fingerprint density at radius 3 is 2.83 bits per heavy atom. The Labute approximate surface area is 134 Å². The quantitative estimate of drug-likeness (QED) is 0.759. The molecule has 0 atom stereocenters. The van der Waals surface area contributed by atoms with Crippen LogP contribution in [-0.2, 0) is 6.54 Å². The highest BCUT2D eigenvalue weighted by molar-refractivity contribution is 5.79. The van der Waals surface area contributed by atoms with Crippen LogP contribution in [0, 0.1) is 6.92 Å². The van der Waals surface area contributed by atoms with Crippen molar-refractivity contribution in [3.63, 3.8) is 0 Å². The molecule has 1 aromatic carbocycles. The van der Waals surface area contributed by atoms with Crippen molar-refractivity contribution in [2.24, 2.45) is 0 Å². The molecule has 0 saturated carbocycles. The lowest BCUT2D eigenvalue weighted by atomic mass is 10.1. The maximum absolute atomic E-state index is 12.2. The molecule has 0 radical (unpaired) electrons. The minimum absolute atomic E-state index is 0.0745. The van der Waals surface area contributed by atoms with Crippen LogP contribution in [0.25, 0.3) is 10.9 Å². The van der Waals surface area contributed by atoms with Crippen LogP contribution in [0.1, 0.15) is 18.1 Å². The van der Waals surface area contributed by atoms with Gasteiger partial charge < -0.3 is 15.0 Å². The van der Waals surface area contributed by atoms with Crippen LogP contribution in [0.5, 0.6) is 5.88 Å². The second-order valence-corrected chi connectivity index (χ2v) is 5.39. The third kappa shape index (κ3) is 3.51. The summed E-state index contributed by atoms with van der Waals surface area (Å²) in [6, 6.07) is 11.6. The van der Waals surface area contributed by atoms with E-state index in [0.29, 0.717) is 24.6 Å². The fourth-order valence-corrected chi connectivity index (χ4v) is 2.41. The van der Waals surface area contributed by atoms with Gasteiger partial charge in [0, 0.05) is 23.7 Å². The average molecular weight is 309 g/mol. The molecule has 2 aromatic heterocycles. The van der Waals surface area contributed by atoms with Crippen LogP contribution in [0.3, 0.4) is 0 Å². The molecule has 5 nitrogen and oxygen atoms in total. The molecule has 0 aliphatic carbocycles. The van der Waals surface area contributed by atoms with Crippen molar-refractivity contribution in [1.82, 2.24) is 9.97 Å². The van der Waals surface area contributed by atoms with Crippen molar-refractivity contribution in [2.75, 3.05) is 11.9 Å². The predicted octanol–water partition coefficient (Wildman–Crippen LogP) is 3.24. The number of aryl methyl sites for hydroxylation is 1. The zero-order valence-corrected chi connectivity index (χ0v) is 13.2. The summed E-state index contributed by atoms with van der Waals surface area (Å²) in [4.78, 5) is 19.3. The predicted molar refractivity (Wildman–Crippen MR) is 92.0 cm³/mol. The van der Waals surface area contributed by atoms with Gasteiger partial charge in [0.15, 0.2) is 0 Å². The molecular weight excluding hydrogens is 290 g/mol. The number of nitrogens with one attached hydrogen (secondary N) is 2. The average Bonchev–Trinajstić information content (AvgIpc) is 2.54. The van der Waals surface area contributed by atoms with E-state index in [0.717, 1.165) is 22.2 Å². The number of hydrogen-bond acceptors (Lipinski definition) is 4. The maximum Gasteiger partial charge on any atom is 0.253 e. The molecule has 0 unspecified atom stereocenters. The van der Waals surface area contributed by atoms with Gasteiger partial charge in [0.1, 0.15) is 0 Å². The van der Waals surface area contributed by atoms with Gasteiger partial charge in [0.2, 0.25) is 5.88 Å². The monoisotopic (exact) mass is 309 g/mol. The Bertz CT molecular complexity index is 870. The van der Waals surface area contributed by atoms with Gasteiger partial charge in [0.25, 0.3) is 5.56 Å². The van der Waals surface area contributed by atoms with E-state index in [1.165, 1.54) is 0 Å². The summed E-state index contributed by atoms with van der Waals surface area (Å²) in [5, 5.41) is 4.23. The summed E-state index contributed by atoms with van der Waals surface area (Å²) in [6.07, 6.45) is 1.70. The second-order valence-electron chi connectivity index (χ2n) is 5.39. The van der Waals surface area contributed by atoms with Crippen molar-refractivity contribution in [3.8, 4) is 5.88 Å². The lowest BCUT2D eigenvalue weighted by Gasteiger charge is -2.08. The molecule has 0 aliphatic rings. The van der Waals surface area contributed by atoms with E-state index in [-0.39, 0.29) is 5.56 Å². The Kier molecular flexibility index (Phi) is 4.28. The largest absolute Gasteiger partial charge is 0.478 e. The first kappa shape index (κ1) is 15.1. The van der Waals surface area contributed by atoms with Crippen molar-refractivity contribution < 1.29 is 4.74 Å². The van der Waals surface area contributed by atoms with Crippen LogP contribution >= 0.6 is 0 Å². The number of benzene rings is 1. The summed E-state index contributed by atoms with van der Waals surface area (Å²) >= 11 is 0. The van der Waals surface area contributed by atoms with E-state index < -0.39 is 0 Å². The third-order valence-electron chi connectivity index (χ3n) is 3.59. The number of rotatable bonds is 5. The molecule has 0 saturated heterocycles. The number of ether oxygens (including phenoxy) is 1. The number of H-pyrrole nitrogens is 1. The molecule has 5 heteroatoms. The van der Waals surface area contributed by atoms with Crippen molar-refractivity contribution in [1.29, 1.82) is 0 Å². The highest BCUT2D eigenvalue weighted by atomic mass is 16.5. The molecule has 3 aromatic rings. The van der Waals surface area contributed by atoms with Gasteiger partial charge in [-0.3, -0.25) is 4.79 Å². The fraction of sp³-hybridized carbons (Fsp3) is 0.222. The van der Waals surface area contributed by atoms with Gasteiger partial charge in [-0.05, 0) is 43.0 Å². The zero-order chi connectivity index (χ0) is 16.2. The van der Waals surface area contributed by atoms with Crippen LogP contribution in [0.2, 0.25) is 0 Å². The van der Waals surface area contributed by atoms with Crippen molar-refractivity contribution in [2.45, 2.75) is 20.4 Å². The number of fused-ring (bicyclic) bond motifs is 1. The number of anilines is 1. The first-order chi connectivity index (χ1) is 11.2. The first-order valence-corrected chi connectivity index (χ1v) is 7.61. The molecule has 23 heavy (non-hydrogen) atoms. The lowest BCUT2D eigenvalue weighted by Crippen LogP contribution is -2.15. The van der Waals surface area contributed by atoms with Crippen molar-refractivity contribution in [3.05, 3.63) is 64.1 Å². The van der Waals surface area contributed by atoms with E-state index in [2.05, 4.69) is 15.3 Å². The Morgan fingerprint density at radius 1 is 1.22 bits per heavy atom. The Balaban J connectivity index is 1.77. The van der Waals surface area contributed by atoms with E-state index in [1.807, 2.05) is 44.2 Å². The summed E-state index contributed by atoms with van der Waals surface area (Å²) in [5.74, 6) is 0.594. The molecule has 0 amide bonds. The topological polar surface area (TPSA) is 67.0 Å². The van der Waals surface area contributed by atoms with Gasteiger partial charge in [-0.25, -0.2) is 4.98 Å². The van der Waals surface area contributed by atoms with Crippen LogP contribution in [0.4, 0.5) is 5.69 Å². The second kappa shape index (κ2) is 6.52. The summed E-state index contributed by atoms with van der Waals surface area (Å²) < 4.78 is 5.31. The van der Waals surface area contributed by atoms with Crippen LogP contribution < -0.4 is 15.6 Å². The van der Waals surface area contributed by atoms with Gasteiger partial charge in [-0.2, -0.15) is 0 Å². The first-order valence-electron chi connectivity index (χ1n) is 7.61. The van der Waals surface area contributed by atoms with E-state index in [1.54, 1.807) is 12.3 Å². The Hall–Kier alpha value is -2.82. The van der Waals surface area contributed by atoms with Gasteiger partial charge in [-0.1, -0.05) is 12.1 Å². The SMILES string of the molecule is CCOc1ccc(NCc2cc3ccc(C)cc3[nH]c2=O)cn1. The van der Waals surface area contributed by atoms with Crippen LogP contribution in [0.15, 0.2) is 47.4 Å².